The second-order valence-electron chi connectivity index (χ2n) is 7.99. The highest BCUT2D eigenvalue weighted by atomic mass is 32.2. The SMILES string of the molecule is Cc1ccc(C(CCc2cn[nH]n2)CC(=O)O)cc1CN1CCOc2ccncc2S1(=O)=O. The van der Waals surface area contributed by atoms with Crippen LogP contribution in [0.3, 0.4) is 0 Å². The number of nitrogens with zero attached hydrogens (tertiary/aromatic N) is 4. The standard InChI is InChI=1S/C22H25N5O5S/c1-15-2-3-16(17(11-22(28)29)4-5-19-12-24-26-25-19)10-18(15)14-27-8-9-32-20-6-7-23-13-21(20)33(27,30)31/h2-3,6-7,10,12-13,17H,4-5,8-9,11,14H2,1H3,(H,28,29)(H,24,25,26). The number of ether oxygens (including phenoxy) is 1. The number of carboxylic acids is 1. The molecule has 11 heteroatoms. The van der Waals surface area contributed by atoms with Gasteiger partial charge in [-0.05, 0) is 48.4 Å². The Balaban J connectivity index is 1.60. The Hall–Kier alpha value is -3.31. The molecule has 33 heavy (non-hydrogen) atoms. The molecule has 1 atom stereocenters. The maximum Gasteiger partial charge on any atom is 0.303 e. The monoisotopic (exact) mass is 471 g/mol. The largest absolute Gasteiger partial charge is 0.491 e. The lowest BCUT2D eigenvalue weighted by atomic mass is 9.88. The number of aliphatic carboxylic acids is 1. The summed E-state index contributed by atoms with van der Waals surface area (Å²) in [6.07, 6.45) is 5.56. The van der Waals surface area contributed by atoms with Crippen molar-refractivity contribution >= 4 is 16.0 Å². The molecule has 0 fully saturated rings. The Morgan fingerprint density at radius 1 is 1.30 bits per heavy atom. The minimum absolute atomic E-state index is 0.0325. The second kappa shape index (κ2) is 9.67. The number of aryl methyl sites for hydroxylation is 2. The van der Waals surface area contributed by atoms with E-state index in [4.69, 9.17) is 4.74 Å². The van der Waals surface area contributed by atoms with Crippen molar-refractivity contribution in [3.8, 4) is 5.75 Å². The molecule has 174 valence electrons. The van der Waals surface area contributed by atoms with Crippen LogP contribution < -0.4 is 4.74 Å². The molecule has 2 aromatic heterocycles. The van der Waals surface area contributed by atoms with E-state index in [1.54, 1.807) is 12.3 Å². The van der Waals surface area contributed by atoms with Crippen LogP contribution in [-0.4, -0.2) is 57.3 Å². The zero-order chi connectivity index (χ0) is 23.4. The van der Waals surface area contributed by atoms with E-state index in [9.17, 15) is 18.3 Å². The minimum atomic E-state index is -3.79. The van der Waals surface area contributed by atoms with Crippen molar-refractivity contribution in [1.82, 2.24) is 24.7 Å². The Bertz CT molecular complexity index is 1230. The number of pyridine rings is 1. The maximum absolute atomic E-state index is 13.3. The normalized spacial score (nSPS) is 16.4. The second-order valence-corrected chi connectivity index (χ2v) is 9.90. The predicted octanol–water partition coefficient (Wildman–Crippen LogP) is 2.28. The molecule has 0 saturated heterocycles. The molecule has 3 heterocycles. The van der Waals surface area contributed by atoms with Crippen molar-refractivity contribution < 1.29 is 23.1 Å². The summed E-state index contributed by atoms with van der Waals surface area (Å²) in [5.74, 6) is -0.835. The van der Waals surface area contributed by atoms with Crippen LogP contribution in [0.2, 0.25) is 0 Å². The average Bonchev–Trinajstić information content (AvgIpc) is 3.27. The van der Waals surface area contributed by atoms with E-state index in [0.717, 1.165) is 22.4 Å². The topological polar surface area (TPSA) is 138 Å². The van der Waals surface area contributed by atoms with Crippen LogP contribution in [-0.2, 0) is 27.8 Å². The Morgan fingerprint density at radius 3 is 2.91 bits per heavy atom. The lowest BCUT2D eigenvalue weighted by molar-refractivity contribution is -0.137. The van der Waals surface area contributed by atoms with Crippen molar-refractivity contribution in [1.29, 1.82) is 0 Å². The number of carbonyl (C=O) groups is 1. The molecule has 4 rings (SSSR count). The van der Waals surface area contributed by atoms with E-state index in [2.05, 4.69) is 20.4 Å². The summed E-state index contributed by atoms with van der Waals surface area (Å²) in [6, 6.07) is 7.28. The molecular formula is C22H25N5O5S. The van der Waals surface area contributed by atoms with E-state index in [0.29, 0.717) is 18.6 Å². The number of aromatic nitrogens is 4. The van der Waals surface area contributed by atoms with Gasteiger partial charge in [0, 0.05) is 19.3 Å². The number of hydrogen-bond acceptors (Lipinski definition) is 7. The summed E-state index contributed by atoms with van der Waals surface area (Å²) in [4.78, 5) is 15.5. The number of carboxylic acid groups (broad SMARTS) is 1. The summed E-state index contributed by atoms with van der Waals surface area (Å²) < 4.78 is 33.5. The van der Waals surface area contributed by atoms with Crippen molar-refractivity contribution in [3.63, 3.8) is 0 Å². The van der Waals surface area contributed by atoms with Gasteiger partial charge in [0.15, 0.2) is 0 Å². The average molecular weight is 472 g/mol. The van der Waals surface area contributed by atoms with E-state index in [1.807, 2.05) is 25.1 Å². The molecule has 1 aliphatic heterocycles. The maximum atomic E-state index is 13.3. The molecule has 0 saturated carbocycles. The smallest absolute Gasteiger partial charge is 0.303 e. The minimum Gasteiger partial charge on any atom is -0.491 e. The van der Waals surface area contributed by atoms with Gasteiger partial charge in [-0.2, -0.15) is 19.7 Å². The number of H-pyrrole nitrogens is 1. The summed E-state index contributed by atoms with van der Waals surface area (Å²) in [5.41, 5.74) is 3.36. The van der Waals surface area contributed by atoms with Gasteiger partial charge in [0.2, 0.25) is 10.0 Å². The molecule has 0 bridgehead atoms. The fourth-order valence-corrected chi connectivity index (χ4v) is 5.41. The zero-order valence-corrected chi connectivity index (χ0v) is 19.0. The lowest BCUT2D eigenvalue weighted by Crippen LogP contribution is -2.32. The molecule has 3 aromatic rings. The summed E-state index contributed by atoms with van der Waals surface area (Å²) in [6.45, 7) is 2.50. The molecule has 10 nitrogen and oxygen atoms in total. The first-order valence-corrected chi connectivity index (χ1v) is 12.0. The van der Waals surface area contributed by atoms with Gasteiger partial charge in [0.05, 0.1) is 24.5 Å². The summed E-state index contributed by atoms with van der Waals surface area (Å²) >= 11 is 0. The Morgan fingerprint density at radius 2 is 2.15 bits per heavy atom. The number of benzene rings is 1. The van der Waals surface area contributed by atoms with E-state index < -0.39 is 16.0 Å². The lowest BCUT2D eigenvalue weighted by Gasteiger charge is -2.22. The Kier molecular flexibility index (Phi) is 6.70. The Labute approximate surface area is 191 Å². The molecule has 0 radical (unpaired) electrons. The van der Waals surface area contributed by atoms with Crippen molar-refractivity contribution in [2.75, 3.05) is 13.2 Å². The summed E-state index contributed by atoms with van der Waals surface area (Å²) in [7, 11) is -3.79. The van der Waals surface area contributed by atoms with E-state index in [-0.39, 0.29) is 36.9 Å². The first kappa shape index (κ1) is 22.9. The van der Waals surface area contributed by atoms with Gasteiger partial charge in [-0.3, -0.25) is 9.78 Å². The van der Waals surface area contributed by atoms with Crippen LogP contribution in [0.25, 0.3) is 0 Å². The third-order valence-corrected chi connectivity index (χ3v) is 7.64. The van der Waals surface area contributed by atoms with Crippen LogP contribution in [0.1, 0.15) is 41.1 Å². The molecule has 1 unspecified atom stereocenters. The highest BCUT2D eigenvalue weighted by Crippen LogP contribution is 2.31. The number of fused-ring (bicyclic) bond motifs is 1. The van der Waals surface area contributed by atoms with Gasteiger partial charge in [-0.25, -0.2) is 8.42 Å². The van der Waals surface area contributed by atoms with Gasteiger partial charge in [-0.15, -0.1) is 0 Å². The zero-order valence-electron chi connectivity index (χ0n) is 18.1. The number of nitrogens with one attached hydrogen (secondary N) is 1. The van der Waals surface area contributed by atoms with Crippen molar-refractivity contribution in [3.05, 3.63) is 65.2 Å². The quantitative estimate of drug-likeness (QED) is 0.510. The van der Waals surface area contributed by atoms with E-state index in [1.165, 1.54) is 16.7 Å². The highest BCUT2D eigenvalue weighted by molar-refractivity contribution is 7.89. The van der Waals surface area contributed by atoms with Gasteiger partial charge in [-0.1, -0.05) is 18.2 Å². The van der Waals surface area contributed by atoms with E-state index >= 15 is 0 Å². The van der Waals surface area contributed by atoms with Crippen molar-refractivity contribution in [2.45, 2.75) is 43.5 Å². The molecule has 1 aromatic carbocycles. The van der Waals surface area contributed by atoms with Gasteiger partial charge >= 0.3 is 5.97 Å². The number of sulfonamides is 1. The summed E-state index contributed by atoms with van der Waals surface area (Å²) in [5, 5.41) is 19.8. The molecule has 0 aliphatic carbocycles. The van der Waals surface area contributed by atoms with Gasteiger partial charge < -0.3 is 9.84 Å². The number of aromatic amines is 1. The molecule has 0 amide bonds. The van der Waals surface area contributed by atoms with Crippen LogP contribution >= 0.6 is 0 Å². The molecular weight excluding hydrogens is 446 g/mol. The first-order chi connectivity index (χ1) is 15.8. The molecule has 2 N–H and O–H groups in total. The fraction of sp³-hybridized carbons (Fsp3) is 0.364. The number of rotatable bonds is 8. The van der Waals surface area contributed by atoms with Crippen molar-refractivity contribution in [2.24, 2.45) is 0 Å². The third-order valence-electron chi connectivity index (χ3n) is 5.79. The third kappa shape index (κ3) is 5.20. The highest BCUT2D eigenvalue weighted by Gasteiger charge is 2.31. The molecule has 1 aliphatic rings. The number of hydrogen-bond donors (Lipinski definition) is 2. The first-order valence-electron chi connectivity index (χ1n) is 10.6. The van der Waals surface area contributed by atoms with Gasteiger partial charge in [0.1, 0.15) is 17.3 Å². The predicted molar refractivity (Wildman–Crippen MR) is 118 cm³/mol. The molecule has 0 spiro atoms. The van der Waals surface area contributed by atoms with Gasteiger partial charge in [0.25, 0.3) is 0 Å². The van der Waals surface area contributed by atoms with Crippen LogP contribution in [0.4, 0.5) is 0 Å². The van der Waals surface area contributed by atoms with Crippen LogP contribution in [0.5, 0.6) is 5.75 Å². The van der Waals surface area contributed by atoms with Crippen LogP contribution in [0.15, 0.2) is 47.8 Å². The fourth-order valence-electron chi connectivity index (χ4n) is 3.93. The van der Waals surface area contributed by atoms with Crippen LogP contribution in [0, 0.1) is 6.92 Å².